The van der Waals surface area contributed by atoms with Crippen LogP contribution in [0.1, 0.15) is 60.7 Å². The Hall–Kier alpha value is -2.86. The molecule has 164 valence electrons. The third kappa shape index (κ3) is 5.07. The normalized spacial score (nSPS) is 18.5. The lowest BCUT2D eigenvalue weighted by Gasteiger charge is -2.43. The highest BCUT2D eigenvalue weighted by Crippen LogP contribution is 2.32. The molecule has 0 bridgehead atoms. The van der Waals surface area contributed by atoms with Crippen molar-refractivity contribution in [3.8, 4) is 0 Å². The average Bonchev–Trinajstić information content (AvgIpc) is 2.75. The van der Waals surface area contributed by atoms with E-state index >= 15 is 0 Å². The number of carbonyl (C=O) groups excluding carboxylic acids is 3. The molecule has 1 fully saturated rings. The Morgan fingerprint density at radius 2 is 1.74 bits per heavy atom. The molecule has 1 saturated heterocycles. The minimum atomic E-state index is -1.02. The zero-order chi connectivity index (χ0) is 22.6. The van der Waals surface area contributed by atoms with Gasteiger partial charge in [-0.2, -0.15) is 0 Å². The number of likely N-dealkylation sites (tertiary alicyclic amines) is 1. The second-order valence-electron chi connectivity index (χ2n) is 8.33. The Balaban J connectivity index is 1.85. The fraction of sp³-hybridized carbons (Fsp3) is 0.375. The summed E-state index contributed by atoms with van der Waals surface area (Å²) >= 11 is 6.30. The van der Waals surface area contributed by atoms with Crippen molar-refractivity contribution in [2.24, 2.45) is 0 Å². The summed E-state index contributed by atoms with van der Waals surface area (Å²) in [6.07, 6.45) is 2.22. The van der Waals surface area contributed by atoms with Crippen molar-refractivity contribution in [3.63, 3.8) is 0 Å². The van der Waals surface area contributed by atoms with Crippen molar-refractivity contribution in [2.45, 2.75) is 51.6 Å². The van der Waals surface area contributed by atoms with Crippen molar-refractivity contribution in [1.29, 1.82) is 0 Å². The fourth-order valence-corrected chi connectivity index (χ4v) is 3.95. The molecule has 2 N–H and O–H groups in total. The molecule has 1 aliphatic rings. The second-order valence-corrected chi connectivity index (χ2v) is 8.74. The van der Waals surface area contributed by atoms with Gasteiger partial charge in [0.1, 0.15) is 5.54 Å². The number of hydrogen-bond acceptors (Lipinski definition) is 3. The van der Waals surface area contributed by atoms with Crippen molar-refractivity contribution >= 4 is 35.0 Å². The van der Waals surface area contributed by atoms with Gasteiger partial charge in [-0.25, -0.2) is 0 Å². The first-order valence-corrected chi connectivity index (χ1v) is 10.9. The van der Waals surface area contributed by atoms with Gasteiger partial charge in [-0.3, -0.25) is 14.4 Å². The van der Waals surface area contributed by atoms with Crippen LogP contribution in [-0.2, 0) is 4.79 Å². The predicted molar refractivity (Wildman–Crippen MR) is 122 cm³/mol. The minimum Gasteiger partial charge on any atom is -0.350 e. The number of carbonyl (C=O) groups is 3. The SMILES string of the molecule is CC(C)NC(=O)c1ccc(Cl)c(NC(=O)[C@@]2(C)CCCCN2C(=O)c2ccccc2)c1. The topological polar surface area (TPSA) is 78.5 Å². The van der Waals surface area contributed by atoms with Gasteiger partial charge in [0.2, 0.25) is 5.91 Å². The number of amides is 3. The molecule has 1 aliphatic heterocycles. The number of halogens is 1. The van der Waals surface area contributed by atoms with E-state index in [1.165, 1.54) is 0 Å². The van der Waals surface area contributed by atoms with Crippen LogP contribution < -0.4 is 10.6 Å². The van der Waals surface area contributed by atoms with Gasteiger partial charge in [0.25, 0.3) is 11.8 Å². The third-order valence-electron chi connectivity index (χ3n) is 5.54. The van der Waals surface area contributed by atoms with Gasteiger partial charge < -0.3 is 15.5 Å². The Morgan fingerprint density at radius 1 is 1.03 bits per heavy atom. The average molecular weight is 442 g/mol. The number of hydrogen-bond donors (Lipinski definition) is 2. The van der Waals surface area contributed by atoms with E-state index in [1.54, 1.807) is 42.2 Å². The zero-order valence-electron chi connectivity index (χ0n) is 18.1. The van der Waals surface area contributed by atoms with Crippen LogP contribution in [0.25, 0.3) is 0 Å². The highest BCUT2D eigenvalue weighted by molar-refractivity contribution is 6.34. The van der Waals surface area contributed by atoms with E-state index in [1.807, 2.05) is 32.0 Å². The first-order valence-electron chi connectivity index (χ1n) is 10.5. The molecule has 0 unspecified atom stereocenters. The number of benzene rings is 2. The van der Waals surface area contributed by atoms with E-state index < -0.39 is 5.54 Å². The first-order chi connectivity index (χ1) is 14.7. The highest BCUT2D eigenvalue weighted by Gasteiger charge is 2.44. The third-order valence-corrected chi connectivity index (χ3v) is 5.87. The molecule has 3 rings (SSSR count). The molecule has 3 amide bonds. The minimum absolute atomic E-state index is 0.0140. The predicted octanol–water partition coefficient (Wildman–Crippen LogP) is 4.50. The van der Waals surface area contributed by atoms with Gasteiger partial charge >= 0.3 is 0 Å². The molecule has 6 nitrogen and oxygen atoms in total. The van der Waals surface area contributed by atoms with Crippen LogP contribution in [0, 0.1) is 0 Å². The summed E-state index contributed by atoms with van der Waals surface area (Å²) in [5.74, 6) is -0.735. The van der Waals surface area contributed by atoms with Crippen LogP contribution in [-0.4, -0.2) is 40.7 Å². The van der Waals surface area contributed by atoms with Crippen LogP contribution in [0.3, 0.4) is 0 Å². The van der Waals surface area contributed by atoms with E-state index in [0.717, 1.165) is 12.8 Å². The number of rotatable bonds is 5. The zero-order valence-corrected chi connectivity index (χ0v) is 18.8. The maximum Gasteiger partial charge on any atom is 0.254 e. The summed E-state index contributed by atoms with van der Waals surface area (Å²) < 4.78 is 0. The molecule has 7 heteroatoms. The summed E-state index contributed by atoms with van der Waals surface area (Å²) in [6.45, 7) is 6.03. The molecule has 0 saturated carbocycles. The first kappa shape index (κ1) is 22.8. The quantitative estimate of drug-likeness (QED) is 0.716. The summed E-state index contributed by atoms with van der Waals surface area (Å²) in [7, 11) is 0. The monoisotopic (exact) mass is 441 g/mol. The van der Waals surface area contributed by atoms with E-state index in [-0.39, 0.29) is 23.8 Å². The molecule has 1 heterocycles. The number of piperidine rings is 1. The van der Waals surface area contributed by atoms with E-state index in [4.69, 9.17) is 11.6 Å². The van der Waals surface area contributed by atoms with E-state index in [9.17, 15) is 14.4 Å². The van der Waals surface area contributed by atoms with E-state index in [2.05, 4.69) is 10.6 Å². The van der Waals surface area contributed by atoms with Crippen molar-refractivity contribution in [3.05, 3.63) is 64.7 Å². The Morgan fingerprint density at radius 3 is 2.42 bits per heavy atom. The van der Waals surface area contributed by atoms with Crippen molar-refractivity contribution < 1.29 is 14.4 Å². The molecule has 2 aromatic rings. The summed E-state index contributed by atoms with van der Waals surface area (Å²) in [4.78, 5) is 40.5. The molecular formula is C24H28ClN3O3. The number of nitrogens with zero attached hydrogens (tertiary/aromatic N) is 1. The van der Waals surface area contributed by atoms with Crippen LogP contribution in [0.15, 0.2) is 48.5 Å². The van der Waals surface area contributed by atoms with Gasteiger partial charge in [0.15, 0.2) is 0 Å². The summed E-state index contributed by atoms with van der Waals surface area (Å²) in [5.41, 5.74) is 0.278. The fourth-order valence-electron chi connectivity index (χ4n) is 3.78. The molecule has 1 atom stereocenters. The number of anilines is 1. The van der Waals surface area contributed by atoms with Crippen LogP contribution in [0.2, 0.25) is 5.02 Å². The summed E-state index contributed by atoms with van der Waals surface area (Å²) in [6, 6.07) is 13.7. The van der Waals surface area contributed by atoms with Gasteiger partial charge in [0, 0.05) is 23.7 Å². The lowest BCUT2D eigenvalue weighted by molar-refractivity contribution is -0.127. The largest absolute Gasteiger partial charge is 0.350 e. The van der Waals surface area contributed by atoms with Crippen molar-refractivity contribution in [2.75, 3.05) is 11.9 Å². The van der Waals surface area contributed by atoms with Crippen LogP contribution in [0.4, 0.5) is 5.69 Å². The van der Waals surface area contributed by atoms with Gasteiger partial charge in [-0.05, 0) is 70.4 Å². The van der Waals surface area contributed by atoms with Crippen LogP contribution in [0.5, 0.6) is 0 Å². The van der Waals surface area contributed by atoms with Gasteiger partial charge in [-0.1, -0.05) is 29.8 Å². The van der Waals surface area contributed by atoms with Gasteiger partial charge in [-0.15, -0.1) is 0 Å². The smallest absolute Gasteiger partial charge is 0.254 e. The molecule has 31 heavy (non-hydrogen) atoms. The Bertz CT molecular complexity index is 977. The molecular weight excluding hydrogens is 414 g/mol. The second kappa shape index (κ2) is 9.52. The Labute approximate surface area is 188 Å². The highest BCUT2D eigenvalue weighted by atomic mass is 35.5. The molecule has 0 radical (unpaired) electrons. The lowest BCUT2D eigenvalue weighted by Crippen LogP contribution is -2.59. The molecule has 0 aromatic heterocycles. The summed E-state index contributed by atoms with van der Waals surface area (Å²) in [5, 5.41) is 6.01. The lowest BCUT2D eigenvalue weighted by atomic mass is 9.86. The van der Waals surface area contributed by atoms with Gasteiger partial charge in [0.05, 0.1) is 10.7 Å². The molecule has 0 aliphatic carbocycles. The van der Waals surface area contributed by atoms with E-state index in [0.29, 0.717) is 34.8 Å². The van der Waals surface area contributed by atoms with Crippen molar-refractivity contribution in [1.82, 2.24) is 10.2 Å². The maximum absolute atomic E-state index is 13.4. The standard InChI is InChI=1S/C24H28ClN3O3/c1-16(2)26-21(29)18-11-12-19(25)20(15-18)27-23(31)24(3)13-7-8-14-28(24)22(30)17-9-5-4-6-10-17/h4-6,9-12,15-16H,7-8,13-14H2,1-3H3,(H,26,29)(H,27,31)/t24-/m1/s1. The Kier molecular flexibility index (Phi) is 7.01. The maximum atomic E-state index is 13.4. The number of nitrogens with one attached hydrogen (secondary N) is 2. The molecule has 0 spiro atoms. The molecule has 2 aromatic carbocycles. The van der Waals surface area contributed by atoms with Crippen LogP contribution >= 0.6 is 11.6 Å².